The lowest BCUT2D eigenvalue weighted by atomic mass is 10.2. The van der Waals surface area contributed by atoms with Crippen molar-refractivity contribution in [1.29, 1.82) is 5.26 Å². The van der Waals surface area contributed by atoms with Crippen molar-refractivity contribution >= 4 is 17.5 Å². The Morgan fingerprint density at radius 2 is 2.08 bits per heavy atom. The SMILES string of the molecule is N#Cc1c(Cl)nc(N)nc1C(F)F. The summed E-state index contributed by atoms with van der Waals surface area (Å²) in [4.78, 5) is 6.58. The molecule has 4 nitrogen and oxygen atoms in total. The molecular formula is C6H3ClF2N4. The zero-order valence-corrected chi connectivity index (χ0v) is 6.89. The molecule has 0 atom stereocenters. The predicted octanol–water partition coefficient (Wildman–Crippen LogP) is 1.52. The lowest BCUT2D eigenvalue weighted by molar-refractivity contribution is 0.145. The summed E-state index contributed by atoms with van der Waals surface area (Å²) in [7, 11) is 0. The van der Waals surface area contributed by atoms with Crippen LogP contribution in [-0.2, 0) is 0 Å². The molecule has 13 heavy (non-hydrogen) atoms. The summed E-state index contributed by atoms with van der Waals surface area (Å²) in [6.45, 7) is 0. The van der Waals surface area contributed by atoms with Crippen molar-refractivity contribution in [1.82, 2.24) is 9.97 Å². The molecule has 0 saturated carbocycles. The van der Waals surface area contributed by atoms with E-state index in [-0.39, 0.29) is 11.1 Å². The van der Waals surface area contributed by atoms with Crippen molar-refractivity contribution in [2.75, 3.05) is 5.73 Å². The molecule has 1 heterocycles. The Hall–Kier alpha value is -1.48. The third-order valence-corrected chi connectivity index (χ3v) is 1.50. The van der Waals surface area contributed by atoms with Gasteiger partial charge in [-0.3, -0.25) is 0 Å². The van der Waals surface area contributed by atoms with Crippen LogP contribution in [-0.4, -0.2) is 9.97 Å². The van der Waals surface area contributed by atoms with Gasteiger partial charge in [0.15, 0.2) is 5.15 Å². The van der Waals surface area contributed by atoms with Gasteiger partial charge in [0.2, 0.25) is 5.95 Å². The van der Waals surface area contributed by atoms with Crippen LogP contribution in [0.1, 0.15) is 17.7 Å². The van der Waals surface area contributed by atoms with E-state index in [0.717, 1.165) is 0 Å². The summed E-state index contributed by atoms with van der Waals surface area (Å²) in [5.41, 5.74) is 3.90. The van der Waals surface area contributed by atoms with E-state index in [1.807, 2.05) is 0 Å². The fourth-order valence-electron chi connectivity index (χ4n) is 0.728. The molecule has 1 rings (SSSR count). The second-order valence-electron chi connectivity index (χ2n) is 2.05. The van der Waals surface area contributed by atoms with Gasteiger partial charge in [-0.15, -0.1) is 0 Å². The van der Waals surface area contributed by atoms with Gasteiger partial charge < -0.3 is 5.73 Å². The minimum atomic E-state index is -2.89. The van der Waals surface area contributed by atoms with Gasteiger partial charge in [0.1, 0.15) is 17.3 Å². The van der Waals surface area contributed by atoms with Gasteiger partial charge >= 0.3 is 0 Å². The Balaban J connectivity index is 3.41. The molecule has 0 saturated heterocycles. The topological polar surface area (TPSA) is 75.6 Å². The van der Waals surface area contributed by atoms with E-state index in [1.54, 1.807) is 0 Å². The molecule has 0 aliphatic heterocycles. The number of rotatable bonds is 1. The third kappa shape index (κ3) is 1.81. The van der Waals surface area contributed by atoms with Crippen molar-refractivity contribution in [2.24, 2.45) is 0 Å². The zero-order chi connectivity index (χ0) is 10.0. The van der Waals surface area contributed by atoms with E-state index in [0.29, 0.717) is 0 Å². The second kappa shape index (κ2) is 3.49. The largest absolute Gasteiger partial charge is 0.368 e. The minimum absolute atomic E-state index is 0.356. The van der Waals surface area contributed by atoms with Gasteiger partial charge in [-0.25, -0.2) is 13.8 Å². The van der Waals surface area contributed by atoms with Crippen molar-refractivity contribution in [2.45, 2.75) is 6.43 Å². The summed E-state index contributed by atoms with van der Waals surface area (Å²) in [5.74, 6) is -0.376. The second-order valence-corrected chi connectivity index (χ2v) is 2.40. The molecule has 7 heteroatoms. The molecule has 2 N–H and O–H groups in total. The van der Waals surface area contributed by atoms with Crippen LogP contribution in [0, 0.1) is 11.3 Å². The monoisotopic (exact) mass is 204 g/mol. The number of alkyl halides is 2. The van der Waals surface area contributed by atoms with Crippen molar-refractivity contribution in [3.63, 3.8) is 0 Å². The number of hydrogen-bond donors (Lipinski definition) is 1. The van der Waals surface area contributed by atoms with Crippen LogP contribution in [0.3, 0.4) is 0 Å². The number of anilines is 1. The Bertz CT molecular complexity index is 374. The summed E-state index contributed by atoms with van der Waals surface area (Å²) in [6, 6.07) is 1.48. The molecular weight excluding hydrogens is 202 g/mol. The summed E-state index contributed by atoms with van der Waals surface area (Å²) in [5, 5.41) is 8.09. The zero-order valence-electron chi connectivity index (χ0n) is 6.13. The number of nitriles is 1. The quantitative estimate of drug-likeness (QED) is 0.704. The number of hydrogen-bond acceptors (Lipinski definition) is 4. The normalized spacial score (nSPS) is 10.1. The average Bonchev–Trinajstić information content (AvgIpc) is 2.02. The molecule has 0 aliphatic carbocycles. The molecule has 0 radical (unpaired) electrons. The highest BCUT2D eigenvalue weighted by atomic mass is 35.5. The van der Waals surface area contributed by atoms with E-state index in [4.69, 9.17) is 22.6 Å². The van der Waals surface area contributed by atoms with Crippen LogP contribution in [0.25, 0.3) is 0 Å². The number of nitrogens with zero attached hydrogens (tertiary/aromatic N) is 3. The molecule has 0 fully saturated rings. The lowest BCUT2D eigenvalue weighted by Crippen LogP contribution is -2.03. The highest BCUT2D eigenvalue weighted by Gasteiger charge is 2.19. The molecule has 1 aromatic rings. The number of aromatic nitrogens is 2. The van der Waals surface area contributed by atoms with Crippen LogP contribution in [0.15, 0.2) is 0 Å². The summed E-state index contributed by atoms with van der Waals surface area (Å²) < 4.78 is 24.4. The summed E-state index contributed by atoms with van der Waals surface area (Å²) in [6.07, 6.45) is -2.89. The summed E-state index contributed by atoms with van der Waals surface area (Å²) >= 11 is 5.39. The van der Waals surface area contributed by atoms with Crippen LogP contribution >= 0.6 is 11.6 Å². The standard InChI is InChI=1S/C6H3ClF2N4/c7-4-2(1-10)3(5(8)9)12-6(11)13-4/h5H,(H2,11,12,13). The van der Waals surface area contributed by atoms with E-state index in [9.17, 15) is 8.78 Å². The van der Waals surface area contributed by atoms with E-state index < -0.39 is 17.7 Å². The van der Waals surface area contributed by atoms with Crippen LogP contribution < -0.4 is 5.73 Å². The van der Waals surface area contributed by atoms with E-state index in [2.05, 4.69) is 9.97 Å². The first kappa shape index (κ1) is 9.61. The van der Waals surface area contributed by atoms with Crippen molar-refractivity contribution in [3.05, 3.63) is 16.4 Å². The minimum Gasteiger partial charge on any atom is -0.368 e. The Labute approximate surface area is 77.0 Å². The fourth-order valence-corrected chi connectivity index (χ4v) is 0.953. The van der Waals surface area contributed by atoms with Gasteiger partial charge in [0.25, 0.3) is 6.43 Å². The smallest absolute Gasteiger partial charge is 0.281 e. The highest BCUT2D eigenvalue weighted by Crippen LogP contribution is 2.25. The molecule has 0 unspecified atom stereocenters. The van der Waals surface area contributed by atoms with Gasteiger partial charge in [0, 0.05) is 0 Å². The van der Waals surface area contributed by atoms with Gasteiger partial charge in [0.05, 0.1) is 0 Å². The molecule has 0 aliphatic rings. The first-order valence-corrected chi connectivity index (χ1v) is 3.45. The maximum absolute atomic E-state index is 12.2. The van der Waals surface area contributed by atoms with Crippen molar-refractivity contribution < 1.29 is 8.78 Å². The molecule has 68 valence electrons. The maximum atomic E-state index is 12.2. The fraction of sp³-hybridized carbons (Fsp3) is 0.167. The number of nitrogens with two attached hydrogens (primary N) is 1. The van der Waals surface area contributed by atoms with Gasteiger partial charge in [-0.1, -0.05) is 11.6 Å². The molecule has 0 spiro atoms. The van der Waals surface area contributed by atoms with Crippen LogP contribution in [0.2, 0.25) is 5.15 Å². The predicted molar refractivity (Wildman–Crippen MR) is 41.1 cm³/mol. The Morgan fingerprint density at radius 3 is 2.54 bits per heavy atom. The van der Waals surface area contributed by atoms with Crippen molar-refractivity contribution in [3.8, 4) is 6.07 Å². The molecule has 0 bridgehead atoms. The molecule has 1 aromatic heterocycles. The molecule has 0 aromatic carbocycles. The van der Waals surface area contributed by atoms with E-state index in [1.165, 1.54) is 6.07 Å². The van der Waals surface area contributed by atoms with E-state index >= 15 is 0 Å². The van der Waals surface area contributed by atoms with Gasteiger partial charge in [-0.2, -0.15) is 10.2 Å². The molecule has 0 amide bonds. The third-order valence-electron chi connectivity index (χ3n) is 1.23. The van der Waals surface area contributed by atoms with Gasteiger partial charge in [-0.05, 0) is 0 Å². The number of nitrogen functional groups attached to an aromatic ring is 1. The Morgan fingerprint density at radius 1 is 1.46 bits per heavy atom. The maximum Gasteiger partial charge on any atom is 0.281 e. The first-order chi connectivity index (χ1) is 6.06. The average molecular weight is 205 g/mol. The van der Waals surface area contributed by atoms with Crippen LogP contribution in [0.5, 0.6) is 0 Å². The number of halogens is 3. The highest BCUT2D eigenvalue weighted by molar-refractivity contribution is 6.30. The lowest BCUT2D eigenvalue weighted by Gasteiger charge is -2.03. The van der Waals surface area contributed by atoms with Crippen LogP contribution in [0.4, 0.5) is 14.7 Å². The first-order valence-electron chi connectivity index (χ1n) is 3.07. The Kier molecular flexibility index (Phi) is 2.58.